The zero-order valence-corrected chi connectivity index (χ0v) is 11.9. The Hall–Kier alpha value is -2.01. The maximum absolute atomic E-state index is 12.9. The number of para-hydroxylation sites is 1. The number of hydrogen-bond acceptors (Lipinski definition) is 2. The largest absolute Gasteiger partial charge is 0.416 e. The van der Waals surface area contributed by atoms with Gasteiger partial charge in [0, 0.05) is 25.0 Å². The van der Waals surface area contributed by atoms with Crippen LogP contribution in [-0.2, 0) is 12.7 Å². The van der Waals surface area contributed by atoms with Gasteiger partial charge >= 0.3 is 6.18 Å². The van der Waals surface area contributed by atoms with Crippen molar-refractivity contribution in [2.24, 2.45) is 5.73 Å². The summed E-state index contributed by atoms with van der Waals surface area (Å²) < 4.78 is 38.7. The standard InChI is InChI=1S/C16H17F3N2/c1-11-5-3-4-6-15(11)21(2)13-7-8-14(16(17,18)19)12(9-13)10-20/h3-9H,10,20H2,1-2H3. The van der Waals surface area contributed by atoms with E-state index in [1.807, 2.05) is 43.1 Å². The van der Waals surface area contributed by atoms with Gasteiger partial charge in [0.2, 0.25) is 0 Å². The summed E-state index contributed by atoms with van der Waals surface area (Å²) in [4.78, 5) is 1.86. The van der Waals surface area contributed by atoms with E-state index in [0.29, 0.717) is 5.69 Å². The van der Waals surface area contributed by atoms with Crippen molar-refractivity contribution in [3.63, 3.8) is 0 Å². The Kier molecular flexibility index (Phi) is 4.23. The van der Waals surface area contributed by atoms with Crippen LogP contribution >= 0.6 is 0 Å². The second kappa shape index (κ2) is 5.77. The second-order valence-corrected chi connectivity index (χ2v) is 4.89. The van der Waals surface area contributed by atoms with E-state index in [-0.39, 0.29) is 12.1 Å². The minimum atomic E-state index is -4.38. The van der Waals surface area contributed by atoms with Crippen molar-refractivity contribution < 1.29 is 13.2 Å². The number of alkyl halides is 3. The van der Waals surface area contributed by atoms with Crippen molar-refractivity contribution >= 4 is 11.4 Å². The lowest BCUT2D eigenvalue weighted by molar-refractivity contribution is -0.138. The normalized spacial score (nSPS) is 11.5. The molecule has 0 unspecified atom stereocenters. The molecular weight excluding hydrogens is 277 g/mol. The molecule has 0 amide bonds. The first kappa shape index (κ1) is 15.4. The van der Waals surface area contributed by atoms with Crippen LogP contribution in [0, 0.1) is 6.92 Å². The van der Waals surface area contributed by atoms with E-state index in [4.69, 9.17) is 5.73 Å². The van der Waals surface area contributed by atoms with Crippen molar-refractivity contribution in [2.45, 2.75) is 19.6 Å². The van der Waals surface area contributed by atoms with Gasteiger partial charge in [-0.25, -0.2) is 0 Å². The van der Waals surface area contributed by atoms with Crippen LogP contribution in [0.25, 0.3) is 0 Å². The molecule has 0 saturated heterocycles. The molecule has 5 heteroatoms. The summed E-state index contributed by atoms with van der Waals surface area (Å²) in [5, 5.41) is 0. The molecule has 2 nitrogen and oxygen atoms in total. The van der Waals surface area contributed by atoms with Crippen molar-refractivity contribution in [1.82, 2.24) is 0 Å². The molecule has 0 radical (unpaired) electrons. The Morgan fingerprint density at radius 1 is 1.10 bits per heavy atom. The number of halogens is 3. The van der Waals surface area contributed by atoms with Gasteiger partial charge in [-0.3, -0.25) is 0 Å². The summed E-state index contributed by atoms with van der Waals surface area (Å²) in [6, 6.07) is 11.8. The number of aryl methyl sites for hydroxylation is 1. The fourth-order valence-corrected chi connectivity index (χ4v) is 2.31. The highest BCUT2D eigenvalue weighted by atomic mass is 19.4. The van der Waals surface area contributed by atoms with Crippen molar-refractivity contribution in [2.75, 3.05) is 11.9 Å². The molecule has 2 aromatic carbocycles. The highest BCUT2D eigenvalue weighted by molar-refractivity contribution is 5.66. The summed E-state index contributed by atoms with van der Waals surface area (Å²) in [7, 11) is 1.82. The van der Waals surface area contributed by atoms with Gasteiger partial charge in [0.25, 0.3) is 0 Å². The van der Waals surface area contributed by atoms with Crippen LogP contribution in [0.2, 0.25) is 0 Å². The third-order valence-corrected chi connectivity index (χ3v) is 3.48. The fourth-order valence-electron chi connectivity index (χ4n) is 2.31. The summed E-state index contributed by atoms with van der Waals surface area (Å²) >= 11 is 0. The van der Waals surface area contributed by atoms with E-state index in [0.717, 1.165) is 17.3 Å². The summed E-state index contributed by atoms with van der Waals surface area (Å²) in [5.74, 6) is 0. The monoisotopic (exact) mass is 294 g/mol. The molecule has 0 spiro atoms. The topological polar surface area (TPSA) is 29.3 Å². The van der Waals surface area contributed by atoms with Crippen LogP contribution in [0.1, 0.15) is 16.7 Å². The van der Waals surface area contributed by atoms with Crippen molar-refractivity contribution in [1.29, 1.82) is 0 Å². The summed E-state index contributed by atoms with van der Waals surface area (Å²) in [5.41, 5.74) is 7.56. The van der Waals surface area contributed by atoms with Crippen LogP contribution in [0.3, 0.4) is 0 Å². The number of benzene rings is 2. The first-order valence-corrected chi connectivity index (χ1v) is 6.54. The molecule has 0 bridgehead atoms. The van der Waals surface area contributed by atoms with Gasteiger partial charge in [0.1, 0.15) is 0 Å². The Balaban J connectivity index is 2.44. The van der Waals surface area contributed by atoms with E-state index >= 15 is 0 Å². The van der Waals surface area contributed by atoms with Gasteiger partial charge in [-0.15, -0.1) is 0 Å². The predicted molar refractivity (Wildman–Crippen MR) is 78.6 cm³/mol. The average Bonchev–Trinajstić information content (AvgIpc) is 2.45. The van der Waals surface area contributed by atoms with Crippen molar-refractivity contribution in [3.8, 4) is 0 Å². The molecule has 0 fully saturated rings. The predicted octanol–water partition coefficient (Wildman–Crippen LogP) is 4.24. The molecule has 21 heavy (non-hydrogen) atoms. The first-order valence-electron chi connectivity index (χ1n) is 6.54. The molecule has 0 aliphatic carbocycles. The molecule has 2 rings (SSSR count). The number of hydrogen-bond donors (Lipinski definition) is 1. The number of nitrogens with zero attached hydrogens (tertiary/aromatic N) is 1. The number of anilines is 2. The minimum absolute atomic E-state index is 0.0976. The van der Waals surface area contributed by atoms with E-state index in [9.17, 15) is 13.2 Å². The Labute approximate surface area is 122 Å². The first-order chi connectivity index (χ1) is 9.84. The van der Waals surface area contributed by atoms with Crippen LogP contribution in [0.5, 0.6) is 0 Å². The van der Waals surface area contributed by atoms with Gasteiger partial charge in [-0.1, -0.05) is 18.2 Å². The molecular formula is C16H17F3N2. The third-order valence-electron chi connectivity index (χ3n) is 3.48. The SMILES string of the molecule is Cc1ccccc1N(C)c1ccc(C(F)(F)F)c(CN)c1. The van der Waals surface area contributed by atoms with Gasteiger partial charge in [0.15, 0.2) is 0 Å². The maximum Gasteiger partial charge on any atom is 0.416 e. The minimum Gasteiger partial charge on any atom is -0.344 e. The third kappa shape index (κ3) is 3.19. The quantitative estimate of drug-likeness (QED) is 0.917. The Morgan fingerprint density at radius 3 is 2.33 bits per heavy atom. The molecule has 0 saturated carbocycles. The molecule has 0 aliphatic heterocycles. The molecule has 0 aromatic heterocycles. The van der Waals surface area contributed by atoms with Crippen LogP contribution in [0.15, 0.2) is 42.5 Å². The molecule has 0 aliphatic rings. The zero-order valence-electron chi connectivity index (χ0n) is 11.9. The Morgan fingerprint density at radius 2 is 1.76 bits per heavy atom. The highest BCUT2D eigenvalue weighted by Crippen LogP contribution is 2.35. The molecule has 2 N–H and O–H groups in total. The fraction of sp³-hybridized carbons (Fsp3) is 0.250. The molecule has 112 valence electrons. The summed E-state index contributed by atoms with van der Waals surface area (Å²) in [6.07, 6.45) is -4.38. The van der Waals surface area contributed by atoms with Gasteiger partial charge in [-0.05, 0) is 42.3 Å². The summed E-state index contributed by atoms with van der Waals surface area (Å²) in [6.45, 7) is 1.81. The smallest absolute Gasteiger partial charge is 0.344 e. The number of rotatable bonds is 3. The maximum atomic E-state index is 12.9. The average molecular weight is 294 g/mol. The van der Waals surface area contributed by atoms with Crippen LogP contribution in [0.4, 0.5) is 24.5 Å². The van der Waals surface area contributed by atoms with Crippen LogP contribution in [-0.4, -0.2) is 7.05 Å². The van der Waals surface area contributed by atoms with Crippen LogP contribution < -0.4 is 10.6 Å². The number of nitrogens with two attached hydrogens (primary N) is 1. The van der Waals surface area contributed by atoms with E-state index in [1.54, 1.807) is 0 Å². The zero-order chi connectivity index (χ0) is 15.6. The van der Waals surface area contributed by atoms with Gasteiger partial charge in [0.05, 0.1) is 5.56 Å². The Bertz CT molecular complexity index is 636. The van der Waals surface area contributed by atoms with Gasteiger partial charge < -0.3 is 10.6 Å². The molecule has 0 atom stereocenters. The van der Waals surface area contributed by atoms with Gasteiger partial charge in [-0.2, -0.15) is 13.2 Å². The lowest BCUT2D eigenvalue weighted by Gasteiger charge is -2.23. The van der Waals surface area contributed by atoms with E-state index in [2.05, 4.69) is 0 Å². The lowest BCUT2D eigenvalue weighted by atomic mass is 10.0. The lowest BCUT2D eigenvalue weighted by Crippen LogP contribution is -2.15. The molecule has 0 heterocycles. The van der Waals surface area contributed by atoms with E-state index < -0.39 is 11.7 Å². The van der Waals surface area contributed by atoms with Crippen molar-refractivity contribution in [3.05, 3.63) is 59.2 Å². The second-order valence-electron chi connectivity index (χ2n) is 4.89. The highest BCUT2D eigenvalue weighted by Gasteiger charge is 2.33. The van der Waals surface area contributed by atoms with E-state index in [1.165, 1.54) is 12.1 Å². The molecule has 2 aromatic rings.